The molecule has 0 atom stereocenters. The summed E-state index contributed by atoms with van der Waals surface area (Å²) in [6.45, 7) is 2.19. The van der Waals surface area contributed by atoms with Gasteiger partial charge in [-0.2, -0.15) is 0 Å². The van der Waals surface area contributed by atoms with Gasteiger partial charge in [-0.15, -0.1) is 11.3 Å². The summed E-state index contributed by atoms with van der Waals surface area (Å²) in [5, 5.41) is 5.56. The molecule has 1 amide bonds. The first kappa shape index (κ1) is 16.2. The van der Waals surface area contributed by atoms with Gasteiger partial charge in [0, 0.05) is 32.1 Å². The average molecular weight is 319 g/mol. The van der Waals surface area contributed by atoms with Crippen molar-refractivity contribution in [3.8, 4) is 0 Å². The second kappa shape index (κ2) is 7.17. The summed E-state index contributed by atoms with van der Waals surface area (Å²) in [6.07, 6.45) is 3.09. The van der Waals surface area contributed by atoms with Gasteiger partial charge in [0.1, 0.15) is 5.82 Å². The highest BCUT2D eigenvalue weighted by atomic mass is 32.1. The van der Waals surface area contributed by atoms with Crippen molar-refractivity contribution >= 4 is 29.0 Å². The minimum Gasteiger partial charge on any atom is -0.375 e. The Labute approximate surface area is 133 Å². The van der Waals surface area contributed by atoms with E-state index < -0.39 is 0 Å². The van der Waals surface area contributed by atoms with Gasteiger partial charge in [-0.3, -0.25) is 4.79 Å². The number of anilines is 1. The molecular formula is C16H18FN3OS. The Morgan fingerprint density at radius 3 is 2.82 bits per heavy atom. The van der Waals surface area contributed by atoms with Crippen LogP contribution in [0.15, 0.2) is 29.7 Å². The first-order valence-corrected chi connectivity index (χ1v) is 7.67. The average Bonchev–Trinajstić information content (AvgIpc) is 2.88. The maximum atomic E-state index is 13.8. The summed E-state index contributed by atoms with van der Waals surface area (Å²) < 4.78 is 13.8. The Morgan fingerprint density at radius 1 is 1.45 bits per heavy atom. The number of thiazole rings is 1. The summed E-state index contributed by atoms with van der Waals surface area (Å²) >= 11 is 1.53. The number of halogens is 1. The minimum atomic E-state index is -0.301. The molecule has 1 aromatic heterocycles. The zero-order chi connectivity index (χ0) is 16.1. The van der Waals surface area contributed by atoms with Crippen LogP contribution in [0.5, 0.6) is 0 Å². The standard InChI is InChI=1S/C16H18FN3OS/c1-11-19-13(10-22-11)5-7-16(21)18-9-12-4-6-15(20(2)3)14(17)8-12/h4-8,10H,9H2,1-3H3,(H,18,21). The molecule has 0 radical (unpaired) electrons. The molecule has 0 fully saturated rings. The summed E-state index contributed by atoms with van der Waals surface area (Å²) in [4.78, 5) is 17.7. The fourth-order valence-corrected chi connectivity index (χ4v) is 2.47. The van der Waals surface area contributed by atoms with E-state index in [1.165, 1.54) is 23.5 Å². The monoisotopic (exact) mass is 319 g/mol. The van der Waals surface area contributed by atoms with Crippen LogP contribution in [0.2, 0.25) is 0 Å². The highest BCUT2D eigenvalue weighted by Gasteiger charge is 2.05. The number of rotatable bonds is 5. The molecule has 0 aliphatic heterocycles. The highest BCUT2D eigenvalue weighted by Crippen LogP contribution is 2.18. The largest absolute Gasteiger partial charge is 0.375 e. The molecule has 116 valence electrons. The van der Waals surface area contributed by atoms with Gasteiger partial charge in [0.15, 0.2) is 0 Å². The van der Waals surface area contributed by atoms with Gasteiger partial charge in [-0.1, -0.05) is 6.07 Å². The molecule has 1 N–H and O–H groups in total. The third-order valence-corrected chi connectivity index (χ3v) is 3.79. The van der Waals surface area contributed by atoms with Crippen molar-refractivity contribution in [2.24, 2.45) is 0 Å². The molecule has 6 heteroatoms. The van der Waals surface area contributed by atoms with Gasteiger partial charge >= 0.3 is 0 Å². The summed E-state index contributed by atoms with van der Waals surface area (Å²) in [6, 6.07) is 4.93. The van der Waals surface area contributed by atoms with E-state index in [1.807, 2.05) is 12.3 Å². The van der Waals surface area contributed by atoms with Crippen LogP contribution in [0.3, 0.4) is 0 Å². The molecule has 0 aliphatic carbocycles. The van der Waals surface area contributed by atoms with Crippen molar-refractivity contribution in [3.05, 3.63) is 51.7 Å². The number of carbonyl (C=O) groups is 1. The SMILES string of the molecule is Cc1nc(C=CC(=O)NCc2ccc(N(C)C)c(F)c2)cs1. The minimum absolute atomic E-state index is 0.234. The van der Waals surface area contributed by atoms with Crippen LogP contribution in [0.25, 0.3) is 6.08 Å². The Morgan fingerprint density at radius 2 is 2.23 bits per heavy atom. The normalized spacial score (nSPS) is 10.9. The lowest BCUT2D eigenvalue weighted by Crippen LogP contribution is -2.20. The van der Waals surface area contributed by atoms with Crippen molar-refractivity contribution < 1.29 is 9.18 Å². The number of nitrogens with zero attached hydrogens (tertiary/aromatic N) is 2. The van der Waals surface area contributed by atoms with E-state index in [0.717, 1.165) is 10.7 Å². The lowest BCUT2D eigenvalue weighted by Gasteiger charge is -2.14. The van der Waals surface area contributed by atoms with Gasteiger partial charge in [-0.05, 0) is 30.7 Å². The molecule has 4 nitrogen and oxygen atoms in total. The van der Waals surface area contributed by atoms with Crippen molar-refractivity contribution in [2.75, 3.05) is 19.0 Å². The number of hydrogen-bond acceptors (Lipinski definition) is 4. The molecule has 0 saturated heterocycles. The van der Waals surface area contributed by atoms with Crippen LogP contribution < -0.4 is 10.2 Å². The molecular weight excluding hydrogens is 301 g/mol. The quantitative estimate of drug-likeness (QED) is 0.862. The smallest absolute Gasteiger partial charge is 0.244 e. The van der Waals surface area contributed by atoms with E-state index in [9.17, 15) is 9.18 Å². The van der Waals surface area contributed by atoms with E-state index >= 15 is 0 Å². The van der Waals surface area contributed by atoms with E-state index in [-0.39, 0.29) is 18.3 Å². The molecule has 2 aromatic rings. The lowest BCUT2D eigenvalue weighted by atomic mass is 10.2. The molecule has 0 unspecified atom stereocenters. The molecule has 0 aliphatic rings. The Balaban J connectivity index is 1.91. The van der Waals surface area contributed by atoms with Gasteiger partial charge < -0.3 is 10.2 Å². The van der Waals surface area contributed by atoms with E-state index in [2.05, 4.69) is 10.3 Å². The van der Waals surface area contributed by atoms with E-state index in [0.29, 0.717) is 11.3 Å². The number of aromatic nitrogens is 1. The van der Waals surface area contributed by atoms with Crippen LogP contribution in [0.4, 0.5) is 10.1 Å². The molecule has 2 rings (SSSR count). The molecule has 0 saturated carbocycles. The highest BCUT2D eigenvalue weighted by molar-refractivity contribution is 7.09. The summed E-state index contributed by atoms with van der Waals surface area (Å²) in [7, 11) is 3.57. The number of carbonyl (C=O) groups excluding carboxylic acids is 1. The maximum Gasteiger partial charge on any atom is 0.244 e. The third kappa shape index (κ3) is 4.39. The number of aryl methyl sites for hydroxylation is 1. The summed E-state index contributed by atoms with van der Waals surface area (Å²) in [5.74, 6) is -0.534. The lowest BCUT2D eigenvalue weighted by molar-refractivity contribution is -0.116. The molecule has 1 aromatic carbocycles. The van der Waals surface area contributed by atoms with E-state index in [1.54, 1.807) is 37.2 Å². The molecule has 0 bridgehead atoms. The number of amides is 1. The molecule has 22 heavy (non-hydrogen) atoms. The topological polar surface area (TPSA) is 45.2 Å². The Kier molecular flexibility index (Phi) is 5.27. The van der Waals surface area contributed by atoms with Gasteiger partial charge in [0.25, 0.3) is 0 Å². The van der Waals surface area contributed by atoms with Gasteiger partial charge in [0.2, 0.25) is 5.91 Å². The maximum absolute atomic E-state index is 13.8. The number of benzene rings is 1. The van der Waals surface area contributed by atoms with Crippen LogP contribution in [-0.2, 0) is 11.3 Å². The van der Waals surface area contributed by atoms with Crippen LogP contribution in [0, 0.1) is 12.7 Å². The molecule has 0 spiro atoms. The predicted octanol–water partition coefficient (Wildman–Crippen LogP) is 2.99. The molecule has 1 heterocycles. The fraction of sp³-hybridized carbons (Fsp3) is 0.250. The summed E-state index contributed by atoms with van der Waals surface area (Å²) in [5.41, 5.74) is 2.00. The van der Waals surface area contributed by atoms with Crippen molar-refractivity contribution in [3.63, 3.8) is 0 Å². The van der Waals surface area contributed by atoms with Crippen molar-refractivity contribution in [1.29, 1.82) is 0 Å². The van der Waals surface area contributed by atoms with Crippen LogP contribution in [0.1, 0.15) is 16.3 Å². The van der Waals surface area contributed by atoms with E-state index in [4.69, 9.17) is 0 Å². The van der Waals surface area contributed by atoms with Crippen LogP contribution in [-0.4, -0.2) is 25.0 Å². The number of nitrogens with one attached hydrogen (secondary N) is 1. The second-order valence-electron chi connectivity index (χ2n) is 5.02. The Hall–Kier alpha value is -2.21. The number of hydrogen-bond donors (Lipinski definition) is 1. The predicted molar refractivity (Wildman–Crippen MR) is 88.5 cm³/mol. The Bertz CT molecular complexity index is 694. The third-order valence-electron chi connectivity index (χ3n) is 3.00. The van der Waals surface area contributed by atoms with Gasteiger partial charge in [-0.25, -0.2) is 9.37 Å². The zero-order valence-electron chi connectivity index (χ0n) is 12.8. The fourth-order valence-electron chi connectivity index (χ4n) is 1.89. The van der Waals surface area contributed by atoms with Gasteiger partial charge in [0.05, 0.1) is 16.4 Å². The zero-order valence-corrected chi connectivity index (χ0v) is 13.6. The first-order chi connectivity index (χ1) is 10.5. The van der Waals surface area contributed by atoms with Crippen molar-refractivity contribution in [1.82, 2.24) is 10.3 Å². The first-order valence-electron chi connectivity index (χ1n) is 6.79. The second-order valence-corrected chi connectivity index (χ2v) is 6.08. The van der Waals surface area contributed by atoms with Crippen molar-refractivity contribution in [2.45, 2.75) is 13.5 Å². The van der Waals surface area contributed by atoms with Crippen LogP contribution >= 0.6 is 11.3 Å².